The summed E-state index contributed by atoms with van der Waals surface area (Å²) < 4.78 is 0. The summed E-state index contributed by atoms with van der Waals surface area (Å²) in [6, 6.07) is 4.29. The second-order valence-electron chi connectivity index (χ2n) is 3.85. The molecule has 70 valence electrons. The van der Waals surface area contributed by atoms with Crippen LogP contribution >= 0.6 is 0 Å². The van der Waals surface area contributed by atoms with Crippen LogP contribution < -0.4 is 5.73 Å². The molecule has 1 aliphatic rings. The van der Waals surface area contributed by atoms with E-state index in [-0.39, 0.29) is 6.04 Å². The number of hydrogen-bond donors (Lipinski definition) is 1. The van der Waals surface area contributed by atoms with Crippen LogP contribution in [-0.2, 0) is 0 Å². The van der Waals surface area contributed by atoms with Crippen LogP contribution in [0.1, 0.15) is 37.3 Å². The molecule has 0 saturated heterocycles. The average Bonchev–Trinajstić information content (AvgIpc) is 2.71. The summed E-state index contributed by atoms with van der Waals surface area (Å²) in [7, 11) is 0. The van der Waals surface area contributed by atoms with Crippen molar-refractivity contribution in [2.45, 2.75) is 31.7 Å². The molecular weight excluding hydrogens is 160 g/mol. The van der Waals surface area contributed by atoms with Crippen molar-refractivity contribution in [1.29, 1.82) is 0 Å². The van der Waals surface area contributed by atoms with Crippen molar-refractivity contribution < 1.29 is 0 Å². The molecule has 1 atom stereocenters. The van der Waals surface area contributed by atoms with Gasteiger partial charge >= 0.3 is 0 Å². The molecule has 1 saturated carbocycles. The van der Waals surface area contributed by atoms with Gasteiger partial charge in [0, 0.05) is 18.4 Å². The lowest BCUT2D eigenvalue weighted by molar-refractivity contribution is 0.444. The SMILES string of the molecule is N[C@H](c1ccncc1)C1CCCC1. The van der Waals surface area contributed by atoms with E-state index in [1.165, 1.54) is 31.2 Å². The van der Waals surface area contributed by atoms with Crippen LogP contribution in [0.3, 0.4) is 0 Å². The number of hydrogen-bond acceptors (Lipinski definition) is 2. The van der Waals surface area contributed by atoms with Gasteiger partial charge < -0.3 is 5.73 Å². The molecular formula is C11H16N2. The van der Waals surface area contributed by atoms with Crippen LogP contribution in [0.25, 0.3) is 0 Å². The predicted octanol–water partition coefficient (Wildman–Crippen LogP) is 2.27. The van der Waals surface area contributed by atoms with E-state index in [0.29, 0.717) is 5.92 Å². The predicted molar refractivity (Wildman–Crippen MR) is 53.1 cm³/mol. The molecule has 0 amide bonds. The minimum absolute atomic E-state index is 0.227. The van der Waals surface area contributed by atoms with Gasteiger partial charge in [0.25, 0.3) is 0 Å². The lowest BCUT2D eigenvalue weighted by atomic mass is 9.93. The standard InChI is InChI=1S/C11H16N2/c12-11(9-3-1-2-4-9)10-5-7-13-8-6-10/h5-9,11H,1-4,12H2/t11-/m0/s1. The second-order valence-corrected chi connectivity index (χ2v) is 3.85. The molecule has 0 radical (unpaired) electrons. The van der Waals surface area contributed by atoms with E-state index in [1.54, 1.807) is 0 Å². The molecule has 0 bridgehead atoms. The van der Waals surface area contributed by atoms with Gasteiger partial charge in [0.1, 0.15) is 0 Å². The molecule has 1 aromatic rings. The van der Waals surface area contributed by atoms with Gasteiger partial charge in [-0.3, -0.25) is 4.98 Å². The highest BCUT2D eigenvalue weighted by atomic mass is 14.7. The molecule has 0 spiro atoms. The van der Waals surface area contributed by atoms with E-state index in [4.69, 9.17) is 5.73 Å². The van der Waals surface area contributed by atoms with Crippen molar-refractivity contribution in [2.24, 2.45) is 11.7 Å². The Bertz CT molecular complexity index is 252. The first-order valence-corrected chi connectivity index (χ1v) is 5.03. The Kier molecular flexibility index (Phi) is 2.60. The van der Waals surface area contributed by atoms with E-state index in [0.717, 1.165) is 0 Å². The van der Waals surface area contributed by atoms with E-state index in [9.17, 15) is 0 Å². The Labute approximate surface area is 79.2 Å². The van der Waals surface area contributed by atoms with Crippen molar-refractivity contribution in [1.82, 2.24) is 4.98 Å². The molecule has 2 heteroatoms. The summed E-state index contributed by atoms with van der Waals surface area (Å²) >= 11 is 0. The maximum absolute atomic E-state index is 6.17. The summed E-state index contributed by atoms with van der Waals surface area (Å²) in [5.41, 5.74) is 7.41. The first-order valence-electron chi connectivity index (χ1n) is 5.03. The molecule has 1 aromatic heterocycles. The summed E-state index contributed by atoms with van der Waals surface area (Å²) in [5.74, 6) is 0.697. The summed E-state index contributed by atoms with van der Waals surface area (Å²) in [5, 5.41) is 0. The lowest BCUT2D eigenvalue weighted by Gasteiger charge is -2.18. The highest BCUT2D eigenvalue weighted by Crippen LogP contribution is 2.33. The van der Waals surface area contributed by atoms with Gasteiger partial charge in [0.05, 0.1) is 0 Å². The zero-order chi connectivity index (χ0) is 9.10. The zero-order valence-corrected chi connectivity index (χ0v) is 7.82. The number of nitrogens with two attached hydrogens (primary N) is 1. The van der Waals surface area contributed by atoms with Gasteiger partial charge in [-0.15, -0.1) is 0 Å². The molecule has 2 rings (SSSR count). The highest BCUT2D eigenvalue weighted by molar-refractivity contribution is 5.15. The van der Waals surface area contributed by atoms with Gasteiger partial charge in [-0.05, 0) is 36.5 Å². The quantitative estimate of drug-likeness (QED) is 0.750. The van der Waals surface area contributed by atoms with Gasteiger partial charge in [-0.2, -0.15) is 0 Å². The van der Waals surface area contributed by atoms with Crippen LogP contribution in [0.15, 0.2) is 24.5 Å². The van der Waals surface area contributed by atoms with Gasteiger partial charge in [0.2, 0.25) is 0 Å². The number of nitrogens with zero attached hydrogens (tertiary/aromatic N) is 1. The van der Waals surface area contributed by atoms with Crippen molar-refractivity contribution in [3.05, 3.63) is 30.1 Å². The van der Waals surface area contributed by atoms with Crippen molar-refractivity contribution in [3.8, 4) is 0 Å². The monoisotopic (exact) mass is 176 g/mol. The van der Waals surface area contributed by atoms with Crippen LogP contribution in [0.2, 0.25) is 0 Å². The third-order valence-corrected chi connectivity index (χ3v) is 3.00. The number of aromatic nitrogens is 1. The highest BCUT2D eigenvalue weighted by Gasteiger charge is 2.22. The molecule has 13 heavy (non-hydrogen) atoms. The number of pyridine rings is 1. The minimum atomic E-state index is 0.227. The Hall–Kier alpha value is -0.890. The topological polar surface area (TPSA) is 38.9 Å². The first-order chi connectivity index (χ1) is 6.38. The van der Waals surface area contributed by atoms with E-state index >= 15 is 0 Å². The second kappa shape index (κ2) is 3.88. The first kappa shape index (κ1) is 8.70. The summed E-state index contributed by atoms with van der Waals surface area (Å²) in [4.78, 5) is 4.00. The molecule has 2 nitrogen and oxygen atoms in total. The Balaban J connectivity index is 2.08. The third kappa shape index (κ3) is 1.89. The van der Waals surface area contributed by atoms with E-state index in [1.807, 2.05) is 24.5 Å². The van der Waals surface area contributed by atoms with Gasteiger partial charge in [-0.1, -0.05) is 12.8 Å². The largest absolute Gasteiger partial charge is 0.324 e. The third-order valence-electron chi connectivity index (χ3n) is 3.00. The molecule has 1 fully saturated rings. The molecule has 0 unspecified atom stereocenters. The minimum Gasteiger partial charge on any atom is -0.324 e. The van der Waals surface area contributed by atoms with Crippen LogP contribution in [-0.4, -0.2) is 4.98 Å². The van der Waals surface area contributed by atoms with E-state index in [2.05, 4.69) is 4.98 Å². The summed E-state index contributed by atoms with van der Waals surface area (Å²) in [6.07, 6.45) is 8.94. The van der Waals surface area contributed by atoms with Gasteiger partial charge in [0.15, 0.2) is 0 Å². The van der Waals surface area contributed by atoms with Crippen molar-refractivity contribution >= 4 is 0 Å². The molecule has 1 aliphatic carbocycles. The molecule has 1 heterocycles. The molecule has 0 aliphatic heterocycles. The maximum atomic E-state index is 6.17. The molecule has 2 N–H and O–H groups in total. The van der Waals surface area contributed by atoms with Crippen molar-refractivity contribution in [3.63, 3.8) is 0 Å². The van der Waals surface area contributed by atoms with Crippen LogP contribution in [0.5, 0.6) is 0 Å². The Morgan fingerprint density at radius 3 is 2.46 bits per heavy atom. The zero-order valence-electron chi connectivity index (χ0n) is 7.82. The molecule has 0 aromatic carbocycles. The smallest absolute Gasteiger partial charge is 0.0324 e. The fraction of sp³-hybridized carbons (Fsp3) is 0.545. The fourth-order valence-corrected chi connectivity index (χ4v) is 2.17. The van der Waals surface area contributed by atoms with Gasteiger partial charge in [-0.25, -0.2) is 0 Å². The fourth-order valence-electron chi connectivity index (χ4n) is 2.17. The van der Waals surface area contributed by atoms with Crippen molar-refractivity contribution in [2.75, 3.05) is 0 Å². The normalized spacial score (nSPS) is 20.4. The average molecular weight is 176 g/mol. The summed E-state index contributed by atoms with van der Waals surface area (Å²) in [6.45, 7) is 0. The lowest BCUT2D eigenvalue weighted by Crippen LogP contribution is -2.18. The number of rotatable bonds is 2. The maximum Gasteiger partial charge on any atom is 0.0324 e. The van der Waals surface area contributed by atoms with Crippen LogP contribution in [0.4, 0.5) is 0 Å². The Morgan fingerprint density at radius 2 is 1.85 bits per heavy atom. The van der Waals surface area contributed by atoms with E-state index < -0.39 is 0 Å². The Morgan fingerprint density at radius 1 is 1.23 bits per heavy atom. The van der Waals surface area contributed by atoms with Crippen LogP contribution in [0, 0.1) is 5.92 Å².